The molecule has 0 bridgehead atoms. The number of pyridine rings is 1. The van der Waals surface area contributed by atoms with Gasteiger partial charge in [0.05, 0.1) is 23.6 Å². The average molecular weight is 276 g/mol. The van der Waals surface area contributed by atoms with Gasteiger partial charge in [0.1, 0.15) is 0 Å². The number of carboxylic acid groups (broad SMARTS) is 1. The summed E-state index contributed by atoms with van der Waals surface area (Å²) in [5.74, 6) is -2.02. The molecular formula is C15H20N2O3. The highest BCUT2D eigenvalue weighted by atomic mass is 16.4. The lowest BCUT2D eigenvalue weighted by atomic mass is 9.78. The molecule has 0 saturated heterocycles. The van der Waals surface area contributed by atoms with Crippen LogP contribution < -0.4 is 5.32 Å². The number of carbonyl (C=O) groups excluding carboxylic acids is 1. The number of hydrogen-bond donors (Lipinski definition) is 2. The fourth-order valence-electron chi connectivity index (χ4n) is 2.77. The van der Waals surface area contributed by atoms with E-state index in [1.165, 1.54) is 0 Å². The lowest BCUT2D eigenvalue weighted by Gasteiger charge is -2.28. The Bertz CT molecular complexity index is 475. The molecule has 0 aromatic carbocycles. The second-order valence-electron chi connectivity index (χ2n) is 5.32. The quantitative estimate of drug-likeness (QED) is 0.883. The maximum absolute atomic E-state index is 12.3. The van der Waals surface area contributed by atoms with E-state index in [0.29, 0.717) is 12.8 Å². The van der Waals surface area contributed by atoms with Crippen molar-refractivity contribution in [1.82, 2.24) is 10.3 Å². The van der Waals surface area contributed by atoms with E-state index in [9.17, 15) is 14.7 Å². The molecule has 1 amide bonds. The van der Waals surface area contributed by atoms with Gasteiger partial charge in [0.15, 0.2) is 0 Å². The minimum atomic E-state index is -0.865. The zero-order valence-electron chi connectivity index (χ0n) is 11.6. The van der Waals surface area contributed by atoms with Crippen LogP contribution in [-0.4, -0.2) is 22.0 Å². The summed E-state index contributed by atoms with van der Waals surface area (Å²) >= 11 is 0. The summed E-state index contributed by atoms with van der Waals surface area (Å²) in [7, 11) is 0. The normalized spacial score (nSPS) is 23.9. The molecule has 1 aromatic rings. The number of amides is 1. The van der Waals surface area contributed by atoms with E-state index in [1.54, 1.807) is 6.20 Å². The Morgan fingerprint density at radius 2 is 2.00 bits per heavy atom. The van der Waals surface area contributed by atoms with Crippen LogP contribution in [0.25, 0.3) is 0 Å². The van der Waals surface area contributed by atoms with E-state index < -0.39 is 17.8 Å². The summed E-state index contributed by atoms with van der Waals surface area (Å²) in [5, 5.41) is 12.1. The van der Waals surface area contributed by atoms with Crippen molar-refractivity contribution in [2.45, 2.75) is 38.6 Å². The van der Waals surface area contributed by atoms with Crippen LogP contribution in [0.5, 0.6) is 0 Å². The average Bonchev–Trinajstić information content (AvgIpc) is 2.48. The van der Waals surface area contributed by atoms with Crippen molar-refractivity contribution in [3.63, 3.8) is 0 Å². The van der Waals surface area contributed by atoms with Crippen LogP contribution >= 0.6 is 0 Å². The maximum atomic E-state index is 12.3. The highest BCUT2D eigenvalue weighted by molar-refractivity contribution is 5.85. The molecule has 20 heavy (non-hydrogen) atoms. The molecule has 5 heteroatoms. The third-order valence-electron chi connectivity index (χ3n) is 3.91. The Balaban J connectivity index is 2.01. The van der Waals surface area contributed by atoms with Gasteiger partial charge in [-0.25, -0.2) is 0 Å². The monoisotopic (exact) mass is 276 g/mol. The molecule has 2 rings (SSSR count). The van der Waals surface area contributed by atoms with Gasteiger partial charge in [0.25, 0.3) is 0 Å². The van der Waals surface area contributed by atoms with Gasteiger partial charge in [-0.05, 0) is 31.9 Å². The first kappa shape index (κ1) is 14.5. The number of carboxylic acids is 1. The third-order valence-corrected chi connectivity index (χ3v) is 3.91. The molecule has 1 aliphatic carbocycles. The van der Waals surface area contributed by atoms with Crippen LogP contribution in [0.1, 0.15) is 44.3 Å². The topological polar surface area (TPSA) is 79.3 Å². The van der Waals surface area contributed by atoms with Gasteiger partial charge >= 0.3 is 5.97 Å². The molecule has 1 fully saturated rings. The van der Waals surface area contributed by atoms with E-state index in [1.807, 2.05) is 25.1 Å². The molecule has 108 valence electrons. The number of nitrogens with zero attached hydrogens (tertiary/aromatic N) is 1. The van der Waals surface area contributed by atoms with Crippen molar-refractivity contribution >= 4 is 11.9 Å². The summed E-state index contributed by atoms with van der Waals surface area (Å²) in [4.78, 5) is 27.7. The van der Waals surface area contributed by atoms with E-state index in [4.69, 9.17) is 0 Å². The fourth-order valence-corrected chi connectivity index (χ4v) is 2.77. The molecule has 0 aliphatic heterocycles. The Morgan fingerprint density at radius 1 is 1.30 bits per heavy atom. The molecule has 1 saturated carbocycles. The largest absolute Gasteiger partial charge is 0.481 e. The number of nitrogens with one attached hydrogen (secondary N) is 1. The maximum Gasteiger partial charge on any atom is 0.307 e. The smallest absolute Gasteiger partial charge is 0.307 e. The fraction of sp³-hybridized carbons (Fsp3) is 0.533. The number of aliphatic carboxylic acids is 1. The van der Waals surface area contributed by atoms with Crippen LogP contribution in [-0.2, 0) is 9.59 Å². The van der Waals surface area contributed by atoms with Crippen molar-refractivity contribution in [3.8, 4) is 0 Å². The summed E-state index contributed by atoms with van der Waals surface area (Å²) in [5.41, 5.74) is 0.781. The SMILES string of the molecule is C[C@H](NC(=O)C1CCCCC1C(=O)O)c1ccccn1. The van der Waals surface area contributed by atoms with E-state index in [0.717, 1.165) is 18.5 Å². The number of aromatic nitrogens is 1. The molecule has 2 N–H and O–H groups in total. The second-order valence-corrected chi connectivity index (χ2v) is 5.32. The minimum Gasteiger partial charge on any atom is -0.481 e. The Morgan fingerprint density at radius 3 is 2.60 bits per heavy atom. The lowest BCUT2D eigenvalue weighted by molar-refractivity contribution is -0.149. The Kier molecular flexibility index (Phi) is 4.71. The van der Waals surface area contributed by atoms with Crippen LogP contribution in [0.2, 0.25) is 0 Å². The van der Waals surface area contributed by atoms with Gasteiger partial charge in [-0.2, -0.15) is 0 Å². The number of rotatable bonds is 4. The van der Waals surface area contributed by atoms with Crippen molar-refractivity contribution < 1.29 is 14.7 Å². The molecule has 0 radical (unpaired) electrons. The summed E-state index contributed by atoms with van der Waals surface area (Å²) in [6, 6.07) is 5.33. The van der Waals surface area contributed by atoms with Gasteiger partial charge in [0, 0.05) is 6.20 Å². The first-order chi connectivity index (χ1) is 9.59. The standard InChI is InChI=1S/C15H20N2O3/c1-10(13-8-4-5-9-16-13)17-14(18)11-6-2-3-7-12(11)15(19)20/h4-5,8-12H,2-3,6-7H2,1H3,(H,17,18)(H,19,20)/t10-,11?,12?/m0/s1. The Labute approximate surface area is 118 Å². The first-order valence-electron chi connectivity index (χ1n) is 7.03. The number of carbonyl (C=O) groups is 2. The molecule has 1 aliphatic rings. The van der Waals surface area contributed by atoms with Gasteiger partial charge < -0.3 is 10.4 Å². The summed E-state index contributed by atoms with van der Waals surface area (Å²) < 4.78 is 0. The first-order valence-corrected chi connectivity index (χ1v) is 7.03. The van der Waals surface area contributed by atoms with E-state index >= 15 is 0 Å². The van der Waals surface area contributed by atoms with Crippen molar-refractivity contribution in [1.29, 1.82) is 0 Å². The van der Waals surface area contributed by atoms with Gasteiger partial charge in [0.2, 0.25) is 5.91 Å². The predicted octanol–water partition coefficient (Wildman–Crippen LogP) is 2.15. The van der Waals surface area contributed by atoms with Crippen LogP contribution in [0, 0.1) is 11.8 Å². The highest BCUT2D eigenvalue weighted by Gasteiger charge is 2.36. The minimum absolute atomic E-state index is 0.171. The Hall–Kier alpha value is -1.91. The van der Waals surface area contributed by atoms with Gasteiger partial charge in [-0.15, -0.1) is 0 Å². The molecule has 0 spiro atoms. The number of hydrogen-bond acceptors (Lipinski definition) is 3. The van der Waals surface area contributed by atoms with E-state index in [2.05, 4.69) is 10.3 Å². The molecule has 1 aromatic heterocycles. The third kappa shape index (κ3) is 3.35. The summed E-state index contributed by atoms with van der Waals surface area (Å²) in [6.07, 6.45) is 4.72. The van der Waals surface area contributed by atoms with E-state index in [-0.39, 0.29) is 11.9 Å². The molecule has 2 unspecified atom stereocenters. The predicted molar refractivity (Wildman–Crippen MR) is 73.9 cm³/mol. The molecule has 3 atom stereocenters. The van der Waals surface area contributed by atoms with Crippen molar-refractivity contribution in [2.75, 3.05) is 0 Å². The van der Waals surface area contributed by atoms with Crippen LogP contribution in [0.3, 0.4) is 0 Å². The van der Waals surface area contributed by atoms with Gasteiger partial charge in [-0.3, -0.25) is 14.6 Å². The van der Waals surface area contributed by atoms with Crippen LogP contribution in [0.15, 0.2) is 24.4 Å². The van der Waals surface area contributed by atoms with Crippen molar-refractivity contribution in [3.05, 3.63) is 30.1 Å². The molecular weight excluding hydrogens is 256 g/mol. The lowest BCUT2D eigenvalue weighted by Crippen LogP contribution is -2.40. The molecule has 1 heterocycles. The molecule has 5 nitrogen and oxygen atoms in total. The summed E-state index contributed by atoms with van der Waals surface area (Å²) in [6.45, 7) is 1.86. The highest BCUT2D eigenvalue weighted by Crippen LogP contribution is 2.30. The van der Waals surface area contributed by atoms with Crippen LogP contribution in [0.4, 0.5) is 0 Å². The zero-order valence-corrected chi connectivity index (χ0v) is 11.6. The zero-order chi connectivity index (χ0) is 14.5. The van der Waals surface area contributed by atoms with Gasteiger partial charge in [-0.1, -0.05) is 18.9 Å². The van der Waals surface area contributed by atoms with Crippen molar-refractivity contribution in [2.24, 2.45) is 11.8 Å². The second kappa shape index (κ2) is 6.50.